The van der Waals surface area contributed by atoms with Gasteiger partial charge in [-0.15, -0.1) is 10.2 Å². The molecule has 0 aliphatic carbocycles. The molecule has 4 aromatic rings. The highest BCUT2D eigenvalue weighted by Gasteiger charge is 2.28. The van der Waals surface area contributed by atoms with E-state index in [-0.39, 0.29) is 10.8 Å². The summed E-state index contributed by atoms with van der Waals surface area (Å²) >= 11 is 1.27. The van der Waals surface area contributed by atoms with Gasteiger partial charge in [-0.05, 0) is 36.8 Å². The Hall–Kier alpha value is -3.91. The van der Waals surface area contributed by atoms with E-state index in [4.69, 9.17) is 14.2 Å². The third kappa shape index (κ3) is 6.54. The quantitative estimate of drug-likeness (QED) is 0.277. The average Bonchev–Trinajstić information content (AvgIpc) is 3.43. The van der Waals surface area contributed by atoms with Crippen molar-refractivity contribution >= 4 is 33.4 Å². The number of rotatable bonds is 9. The molecule has 3 heterocycles. The van der Waals surface area contributed by atoms with E-state index in [1.54, 1.807) is 43.3 Å². The van der Waals surface area contributed by atoms with Gasteiger partial charge in [0.2, 0.25) is 15.9 Å². The fraction of sp³-hybridized carbons (Fsp3) is 0.300. The van der Waals surface area contributed by atoms with Crippen LogP contribution >= 0.6 is 11.8 Å². The van der Waals surface area contributed by atoms with Gasteiger partial charge in [0.15, 0.2) is 22.5 Å². The van der Waals surface area contributed by atoms with Crippen molar-refractivity contribution in [3.05, 3.63) is 78.4 Å². The molecule has 6 rings (SSSR count). The summed E-state index contributed by atoms with van der Waals surface area (Å²) in [4.78, 5) is 13.4. The summed E-state index contributed by atoms with van der Waals surface area (Å²) in [6.07, 6.45) is 0. The summed E-state index contributed by atoms with van der Waals surface area (Å²) in [5.74, 6) is 1.53. The van der Waals surface area contributed by atoms with Crippen LogP contribution in [0.2, 0.25) is 0 Å². The average molecular weight is 622 g/mol. The summed E-state index contributed by atoms with van der Waals surface area (Å²) in [6, 6.07) is 21.9. The van der Waals surface area contributed by atoms with Crippen molar-refractivity contribution in [3.63, 3.8) is 0 Å². The van der Waals surface area contributed by atoms with Gasteiger partial charge in [0, 0.05) is 30.4 Å². The topological polar surface area (TPSA) is 125 Å². The normalized spacial score (nSPS) is 16.0. The third-order valence-corrected chi connectivity index (χ3v) is 10.0. The molecule has 1 saturated heterocycles. The van der Waals surface area contributed by atoms with Crippen LogP contribution in [0.3, 0.4) is 0 Å². The monoisotopic (exact) mass is 621 g/mol. The maximum atomic E-state index is 13.4. The molecule has 2 aliphatic heterocycles. The summed E-state index contributed by atoms with van der Waals surface area (Å²) in [7, 11) is -3.70. The second kappa shape index (κ2) is 12.8. The first-order valence-electron chi connectivity index (χ1n) is 13.9. The molecule has 11 nitrogen and oxygen atoms in total. The van der Waals surface area contributed by atoms with E-state index >= 15 is 0 Å². The Morgan fingerprint density at radius 3 is 2.49 bits per heavy atom. The summed E-state index contributed by atoms with van der Waals surface area (Å²) in [5.41, 5.74) is 2.22. The van der Waals surface area contributed by atoms with Crippen molar-refractivity contribution in [2.45, 2.75) is 28.8 Å². The number of thioether (sulfide) groups is 1. The standard InChI is InChI=1S/C30H31N5O6S2/c1-21(29(36)31-24-10-11-26-27(19-24)41-17-16-40-26)42-30-33-32-28(35(30)20-22-6-3-2-4-7-22)23-8-5-9-25(18-23)43(37,38)34-12-14-39-15-13-34/h2-11,18-19,21H,12-17,20H2,1H3,(H,31,36)/t21-/m0/s1. The number of hydrogen-bond donors (Lipinski definition) is 1. The van der Waals surface area contributed by atoms with E-state index in [9.17, 15) is 13.2 Å². The predicted octanol–water partition coefficient (Wildman–Crippen LogP) is 3.90. The number of fused-ring (bicyclic) bond motifs is 1. The van der Waals surface area contributed by atoms with Gasteiger partial charge in [-0.3, -0.25) is 9.36 Å². The van der Waals surface area contributed by atoms with E-state index in [1.165, 1.54) is 16.1 Å². The van der Waals surface area contributed by atoms with Crippen LogP contribution in [0.25, 0.3) is 11.4 Å². The highest BCUT2D eigenvalue weighted by atomic mass is 32.2. The highest BCUT2D eigenvalue weighted by Crippen LogP contribution is 2.34. The van der Waals surface area contributed by atoms with Crippen LogP contribution in [-0.2, 0) is 26.1 Å². The molecule has 1 amide bonds. The van der Waals surface area contributed by atoms with Crippen LogP contribution in [-0.4, -0.2) is 78.2 Å². The molecule has 3 aromatic carbocycles. The number of carbonyl (C=O) groups excluding carboxylic acids is 1. The van der Waals surface area contributed by atoms with Crippen molar-refractivity contribution in [1.29, 1.82) is 0 Å². The van der Waals surface area contributed by atoms with Gasteiger partial charge < -0.3 is 19.5 Å². The Bertz CT molecular complexity index is 1710. The molecule has 0 saturated carbocycles. The predicted molar refractivity (Wildman–Crippen MR) is 162 cm³/mol. The molecule has 2 aliphatic rings. The number of benzene rings is 3. The number of morpholine rings is 1. The van der Waals surface area contributed by atoms with E-state index in [0.717, 1.165) is 5.56 Å². The van der Waals surface area contributed by atoms with Crippen molar-refractivity contribution in [3.8, 4) is 22.9 Å². The Kier molecular flexibility index (Phi) is 8.66. The number of sulfonamides is 1. The van der Waals surface area contributed by atoms with Gasteiger partial charge in [0.1, 0.15) is 13.2 Å². The molecule has 0 spiro atoms. The first-order chi connectivity index (χ1) is 20.9. The third-order valence-electron chi connectivity index (χ3n) is 7.06. The molecule has 0 bridgehead atoms. The van der Waals surface area contributed by atoms with Gasteiger partial charge in [-0.25, -0.2) is 8.42 Å². The smallest absolute Gasteiger partial charge is 0.243 e. The second-order valence-electron chi connectivity index (χ2n) is 10.0. The lowest BCUT2D eigenvalue weighted by molar-refractivity contribution is -0.115. The number of carbonyl (C=O) groups is 1. The largest absolute Gasteiger partial charge is 0.486 e. The summed E-state index contributed by atoms with van der Waals surface area (Å²) < 4.78 is 46.6. The molecule has 43 heavy (non-hydrogen) atoms. The molecular weight excluding hydrogens is 590 g/mol. The molecule has 0 unspecified atom stereocenters. The van der Waals surface area contributed by atoms with Crippen molar-refractivity contribution in [2.75, 3.05) is 44.8 Å². The molecule has 0 radical (unpaired) electrons. The SMILES string of the molecule is C[C@H](Sc1nnc(-c2cccc(S(=O)(=O)N3CCOCC3)c2)n1Cc1ccccc1)C(=O)Nc1ccc2c(c1)OCCO2. The number of anilines is 1. The van der Waals surface area contributed by atoms with Crippen molar-refractivity contribution < 1.29 is 27.4 Å². The van der Waals surface area contributed by atoms with Crippen LogP contribution in [0, 0.1) is 0 Å². The Balaban J connectivity index is 1.26. The number of nitrogens with one attached hydrogen (secondary N) is 1. The van der Waals surface area contributed by atoms with Gasteiger partial charge in [0.25, 0.3) is 0 Å². The highest BCUT2D eigenvalue weighted by molar-refractivity contribution is 8.00. The Morgan fingerprint density at radius 2 is 1.70 bits per heavy atom. The molecule has 1 atom stereocenters. The lowest BCUT2D eigenvalue weighted by Gasteiger charge is -2.26. The number of nitrogens with zero attached hydrogens (tertiary/aromatic N) is 4. The van der Waals surface area contributed by atoms with E-state index in [0.29, 0.717) is 79.8 Å². The molecule has 13 heteroatoms. The first kappa shape index (κ1) is 29.2. The molecular formula is C30H31N5O6S2. The van der Waals surface area contributed by atoms with Crippen LogP contribution in [0.1, 0.15) is 12.5 Å². The Labute approximate surface area is 254 Å². The molecule has 224 valence electrons. The fourth-order valence-corrected chi connectivity index (χ4v) is 7.11. The van der Waals surface area contributed by atoms with E-state index < -0.39 is 15.3 Å². The van der Waals surface area contributed by atoms with Crippen LogP contribution in [0.5, 0.6) is 11.5 Å². The minimum atomic E-state index is -3.70. The van der Waals surface area contributed by atoms with Gasteiger partial charge in [-0.2, -0.15) is 4.31 Å². The molecule has 1 aromatic heterocycles. The fourth-order valence-electron chi connectivity index (χ4n) is 4.81. The number of hydrogen-bond acceptors (Lipinski definition) is 9. The van der Waals surface area contributed by atoms with Gasteiger partial charge in [-0.1, -0.05) is 54.2 Å². The number of aromatic nitrogens is 3. The zero-order chi connectivity index (χ0) is 29.8. The maximum Gasteiger partial charge on any atom is 0.243 e. The van der Waals surface area contributed by atoms with E-state index in [2.05, 4.69) is 15.5 Å². The van der Waals surface area contributed by atoms with Crippen LogP contribution < -0.4 is 14.8 Å². The molecule has 1 fully saturated rings. The van der Waals surface area contributed by atoms with Crippen LogP contribution in [0.4, 0.5) is 5.69 Å². The lowest BCUT2D eigenvalue weighted by atomic mass is 10.2. The maximum absolute atomic E-state index is 13.4. The van der Waals surface area contributed by atoms with Crippen molar-refractivity contribution in [1.82, 2.24) is 19.1 Å². The number of amides is 1. The minimum Gasteiger partial charge on any atom is -0.486 e. The summed E-state index contributed by atoms with van der Waals surface area (Å²) in [5, 5.41) is 11.9. The van der Waals surface area contributed by atoms with Crippen molar-refractivity contribution in [2.24, 2.45) is 0 Å². The zero-order valence-corrected chi connectivity index (χ0v) is 25.1. The second-order valence-corrected chi connectivity index (χ2v) is 13.3. The number of ether oxygens (including phenoxy) is 3. The van der Waals surface area contributed by atoms with Gasteiger partial charge in [0.05, 0.1) is 29.9 Å². The van der Waals surface area contributed by atoms with Crippen LogP contribution in [0.15, 0.2) is 82.8 Å². The summed E-state index contributed by atoms with van der Waals surface area (Å²) in [6.45, 7) is 4.53. The first-order valence-corrected chi connectivity index (χ1v) is 16.2. The lowest BCUT2D eigenvalue weighted by Crippen LogP contribution is -2.40. The van der Waals surface area contributed by atoms with Gasteiger partial charge >= 0.3 is 0 Å². The Morgan fingerprint density at radius 1 is 0.930 bits per heavy atom. The minimum absolute atomic E-state index is 0.183. The zero-order valence-electron chi connectivity index (χ0n) is 23.5. The van der Waals surface area contributed by atoms with E-state index in [1.807, 2.05) is 41.0 Å². The molecule has 1 N–H and O–H groups in total.